The summed E-state index contributed by atoms with van der Waals surface area (Å²) in [7, 11) is -3.67. The van der Waals surface area contributed by atoms with Crippen molar-refractivity contribution >= 4 is 27.6 Å². The van der Waals surface area contributed by atoms with Gasteiger partial charge in [-0.15, -0.1) is 5.10 Å². The van der Waals surface area contributed by atoms with Gasteiger partial charge < -0.3 is 4.42 Å². The standard InChI is InChI=1S/C15H12N6O3S2/c22-26(23,18-9-11-3-1-8-24-11)12-4-5-13(17-10-12)25-15-19-14-16-6-2-7-21(14)20-15/h1-8,10,18H,9H2. The van der Waals surface area contributed by atoms with E-state index in [0.717, 1.165) is 0 Å². The average molecular weight is 388 g/mol. The Morgan fingerprint density at radius 1 is 1.19 bits per heavy atom. The molecule has 9 nitrogen and oxygen atoms in total. The van der Waals surface area contributed by atoms with Crippen molar-refractivity contribution in [1.82, 2.24) is 29.3 Å². The maximum absolute atomic E-state index is 12.3. The van der Waals surface area contributed by atoms with Crippen LogP contribution in [0, 0.1) is 0 Å². The van der Waals surface area contributed by atoms with Crippen LogP contribution in [0.1, 0.15) is 5.76 Å². The minimum atomic E-state index is -3.67. The van der Waals surface area contributed by atoms with Gasteiger partial charge in [-0.3, -0.25) is 0 Å². The van der Waals surface area contributed by atoms with Crippen LogP contribution in [0.2, 0.25) is 0 Å². The molecular formula is C15H12N6O3S2. The van der Waals surface area contributed by atoms with Crippen LogP contribution in [-0.4, -0.2) is 33.0 Å². The molecule has 0 amide bonds. The number of fused-ring (bicyclic) bond motifs is 1. The van der Waals surface area contributed by atoms with Crippen molar-refractivity contribution in [1.29, 1.82) is 0 Å². The molecule has 132 valence electrons. The van der Waals surface area contributed by atoms with Crippen LogP contribution < -0.4 is 4.72 Å². The van der Waals surface area contributed by atoms with Crippen LogP contribution in [0.15, 0.2) is 74.7 Å². The van der Waals surface area contributed by atoms with Crippen molar-refractivity contribution in [2.24, 2.45) is 0 Å². The molecule has 0 atom stereocenters. The van der Waals surface area contributed by atoms with E-state index in [-0.39, 0.29) is 11.4 Å². The van der Waals surface area contributed by atoms with Gasteiger partial charge in [0.25, 0.3) is 5.78 Å². The van der Waals surface area contributed by atoms with Gasteiger partial charge in [0, 0.05) is 18.6 Å². The summed E-state index contributed by atoms with van der Waals surface area (Å²) in [4.78, 5) is 12.6. The van der Waals surface area contributed by atoms with E-state index in [0.29, 0.717) is 21.7 Å². The first kappa shape index (κ1) is 16.7. The monoisotopic (exact) mass is 388 g/mol. The smallest absolute Gasteiger partial charge is 0.253 e. The fraction of sp³-hybridized carbons (Fsp3) is 0.0667. The maximum Gasteiger partial charge on any atom is 0.253 e. The van der Waals surface area contributed by atoms with Gasteiger partial charge >= 0.3 is 0 Å². The van der Waals surface area contributed by atoms with E-state index in [4.69, 9.17) is 4.42 Å². The third-order valence-corrected chi connectivity index (χ3v) is 5.52. The van der Waals surface area contributed by atoms with Crippen LogP contribution in [0.25, 0.3) is 5.78 Å². The van der Waals surface area contributed by atoms with E-state index in [1.807, 2.05) is 0 Å². The molecule has 0 aliphatic rings. The second-order valence-corrected chi connectivity index (χ2v) is 7.85. The third kappa shape index (κ3) is 3.59. The van der Waals surface area contributed by atoms with Gasteiger partial charge in [0.05, 0.1) is 12.8 Å². The Hall–Kier alpha value is -2.76. The summed E-state index contributed by atoms with van der Waals surface area (Å²) < 4.78 is 33.7. The molecule has 11 heteroatoms. The minimum absolute atomic E-state index is 0.0676. The molecule has 0 fully saturated rings. The molecule has 0 saturated carbocycles. The molecule has 4 heterocycles. The lowest BCUT2D eigenvalue weighted by molar-refractivity contribution is 0.498. The summed E-state index contributed by atoms with van der Waals surface area (Å²) in [5.41, 5.74) is 0. The van der Waals surface area contributed by atoms with Crippen molar-refractivity contribution in [2.75, 3.05) is 0 Å². The Bertz CT molecular complexity index is 1090. The topological polar surface area (TPSA) is 115 Å². The van der Waals surface area contributed by atoms with Gasteiger partial charge in [-0.2, -0.15) is 4.98 Å². The Kier molecular flexibility index (Phi) is 4.41. The van der Waals surface area contributed by atoms with Gasteiger partial charge in [0.1, 0.15) is 15.7 Å². The lowest BCUT2D eigenvalue weighted by Crippen LogP contribution is -2.23. The Labute approximate surface area is 152 Å². The first-order valence-electron chi connectivity index (χ1n) is 7.43. The molecule has 26 heavy (non-hydrogen) atoms. The van der Waals surface area contributed by atoms with Crippen LogP contribution in [-0.2, 0) is 16.6 Å². The largest absolute Gasteiger partial charge is 0.468 e. The summed E-state index contributed by atoms with van der Waals surface area (Å²) >= 11 is 1.22. The number of hydrogen-bond donors (Lipinski definition) is 1. The quantitative estimate of drug-likeness (QED) is 0.531. The van der Waals surface area contributed by atoms with Crippen molar-refractivity contribution < 1.29 is 12.8 Å². The van der Waals surface area contributed by atoms with Gasteiger partial charge in [0.2, 0.25) is 15.2 Å². The summed E-state index contributed by atoms with van der Waals surface area (Å²) in [5, 5.41) is 5.31. The first-order chi connectivity index (χ1) is 12.6. The van der Waals surface area contributed by atoms with E-state index in [1.54, 1.807) is 41.2 Å². The van der Waals surface area contributed by atoms with Gasteiger partial charge in [-0.1, -0.05) is 0 Å². The molecule has 0 unspecified atom stereocenters. The second-order valence-electron chi connectivity index (χ2n) is 5.10. The molecule has 0 bridgehead atoms. The molecule has 0 spiro atoms. The molecule has 0 saturated heterocycles. The maximum atomic E-state index is 12.3. The number of pyridine rings is 1. The van der Waals surface area contributed by atoms with Crippen LogP contribution in [0.5, 0.6) is 0 Å². The molecule has 0 aliphatic heterocycles. The molecule has 0 aliphatic carbocycles. The fourth-order valence-corrected chi connectivity index (χ4v) is 3.72. The number of hydrogen-bond acceptors (Lipinski definition) is 8. The normalized spacial score (nSPS) is 11.8. The van der Waals surface area contributed by atoms with E-state index in [2.05, 4.69) is 24.8 Å². The molecule has 4 aromatic heterocycles. The Morgan fingerprint density at radius 3 is 2.85 bits per heavy atom. The summed E-state index contributed by atoms with van der Waals surface area (Å²) in [6.45, 7) is 0.0734. The highest BCUT2D eigenvalue weighted by molar-refractivity contribution is 7.99. The zero-order valence-electron chi connectivity index (χ0n) is 13.2. The van der Waals surface area contributed by atoms with E-state index in [9.17, 15) is 8.42 Å². The molecule has 1 N–H and O–H groups in total. The molecule has 0 aromatic carbocycles. The first-order valence-corrected chi connectivity index (χ1v) is 9.73. The highest BCUT2D eigenvalue weighted by Crippen LogP contribution is 2.23. The zero-order valence-corrected chi connectivity index (χ0v) is 14.8. The fourth-order valence-electron chi connectivity index (χ4n) is 2.10. The number of furan rings is 1. The van der Waals surface area contributed by atoms with Crippen molar-refractivity contribution in [3.8, 4) is 0 Å². The average Bonchev–Trinajstić information content (AvgIpc) is 3.29. The number of nitrogens with zero attached hydrogens (tertiary/aromatic N) is 5. The van der Waals surface area contributed by atoms with Crippen molar-refractivity contribution in [3.63, 3.8) is 0 Å². The highest BCUT2D eigenvalue weighted by atomic mass is 32.2. The van der Waals surface area contributed by atoms with Gasteiger partial charge in [-0.25, -0.2) is 27.6 Å². The minimum Gasteiger partial charge on any atom is -0.468 e. The van der Waals surface area contributed by atoms with E-state index in [1.165, 1.54) is 30.3 Å². The van der Waals surface area contributed by atoms with Crippen LogP contribution in [0.4, 0.5) is 0 Å². The van der Waals surface area contributed by atoms with Crippen LogP contribution >= 0.6 is 11.8 Å². The number of rotatable bonds is 6. The Balaban J connectivity index is 1.47. The summed E-state index contributed by atoms with van der Waals surface area (Å²) in [5.74, 6) is 1.01. The van der Waals surface area contributed by atoms with E-state index < -0.39 is 10.0 Å². The van der Waals surface area contributed by atoms with Gasteiger partial charge in [-0.05, 0) is 42.1 Å². The zero-order chi connectivity index (χ0) is 18.0. The second kappa shape index (κ2) is 6.86. The predicted molar refractivity (Wildman–Crippen MR) is 91.9 cm³/mol. The van der Waals surface area contributed by atoms with Crippen molar-refractivity contribution in [3.05, 3.63) is 60.9 Å². The molecular weight excluding hydrogens is 376 g/mol. The molecule has 0 radical (unpaired) electrons. The predicted octanol–water partition coefficient (Wildman–Crippen LogP) is 1.74. The number of sulfonamides is 1. The highest BCUT2D eigenvalue weighted by Gasteiger charge is 2.15. The number of nitrogens with one attached hydrogen (secondary N) is 1. The lowest BCUT2D eigenvalue weighted by Gasteiger charge is -2.05. The summed E-state index contributed by atoms with van der Waals surface area (Å²) in [6, 6.07) is 8.22. The lowest BCUT2D eigenvalue weighted by atomic mass is 10.5. The number of aromatic nitrogens is 5. The van der Waals surface area contributed by atoms with Gasteiger partial charge in [0.15, 0.2) is 0 Å². The SMILES string of the molecule is O=S(=O)(NCc1ccco1)c1ccc(Sc2nc3ncccn3n2)nc1. The van der Waals surface area contributed by atoms with Crippen molar-refractivity contribution in [2.45, 2.75) is 21.6 Å². The Morgan fingerprint density at radius 2 is 2.12 bits per heavy atom. The van der Waals surface area contributed by atoms with E-state index >= 15 is 0 Å². The third-order valence-electron chi connectivity index (χ3n) is 3.33. The summed E-state index contributed by atoms with van der Waals surface area (Å²) in [6.07, 6.45) is 6.15. The molecule has 4 rings (SSSR count). The van der Waals surface area contributed by atoms with Crippen LogP contribution in [0.3, 0.4) is 0 Å². The molecule has 4 aromatic rings.